The van der Waals surface area contributed by atoms with Crippen LogP contribution in [-0.2, 0) is 41.7 Å². The van der Waals surface area contributed by atoms with E-state index in [0.717, 1.165) is 36.4 Å². The minimum atomic E-state index is -1.85. The largest absolute Gasteiger partial charge is 4.00 e. The third kappa shape index (κ3) is 5.94. The minimum absolute atomic E-state index is 0. The Kier molecular flexibility index (Phi) is 8.74. The summed E-state index contributed by atoms with van der Waals surface area (Å²) in [6.45, 7) is 2.43. The number of non-ortho nitro benzene ring substituents is 2. The van der Waals surface area contributed by atoms with Gasteiger partial charge in [-0.1, -0.05) is 12.1 Å². The summed E-state index contributed by atoms with van der Waals surface area (Å²) in [5.74, 6) is -5.02. The van der Waals surface area contributed by atoms with Gasteiger partial charge in [-0.2, -0.15) is 0 Å². The summed E-state index contributed by atoms with van der Waals surface area (Å²) < 4.78 is 0. The van der Waals surface area contributed by atoms with Crippen LogP contribution < -0.4 is 0 Å². The van der Waals surface area contributed by atoms with E-state index in [-0.39, 0.29) is 33.9 Å². The van der Waals surface area contributed by atoms with Gasteiger partial charge in [0.05, 0.1) is 21.7 Å². The number of nitro groups is 2. The van der Waals surface area contributed by atoms with E-state index < -0.39 is 61.6 Å². The molecule has 16 heteroatoms. The minimum Gasteiger partial charge on any atom is -0.627 e. The van der Waals surface area contributed by atoms with Gasteiger partial charge in [-0.05, 0) is 13.8 Å². The molecule has 15 nitrogen and oxygen atoms in total. The molecule has 0 unspecified atom stereocenters. The van der Waals surface area contributed by atoms with Gasteiger partial charge in [-0.15, -0.1) is 22.7 Å². The topological polar surface area (TPSA) is 244 Å². The molecule has 35 heavy (non-hydrogen) atoms. The molecule has 2 aromatic rings. The number of hydrogen-bond donors (Lipinski definition) is 0. The molecule has 1 heterocycles. The van der Waals surface area contributed by atoms with E-state index in [0.29, 0.717) is 0 Å². The molecular weight excluding hydrogens is 512 g/mol. The van der Waals surface area contributed by atoms with Gasteiger partial charge in [0, 0.05) is 29.7 Å². The number of carbonyl (C=O) groups excluding carboxylic acids is 4. The first-order valence-electron chi connectivity index (χ1n) is 9.01. The summed E-state index contributed by atoms with van der Waals surface area (Å²) in [5.41, 5.74) is -4.43. The number of amides is 4. The Bertz CT molecular complexity index is 1150. The summed E-state index contributed by atoms with van der Waals surface area (Å²) in [6.07, 6.45) is 0. The molecule has 0 saturated carbocycles. The predicted molar refractivity (Wildman–Crippen MR) is 117 cm³/mol. The molecule has 0 spiro atoms. The second kappa shape index (κ2) is 10.7. The Morgan fingerprint density at radius 3 is 1.31 bits per heavy atom. The molecule has 0 bridgehead atoms. The van der Waals surface area contributed by atoms with Gasteiger partial charge in [0.1, 0.15) is 11.8 Å². The van der Waals surface area contributed by atoms with Crippen molar-refractivity contribution < 1.29 is 51.6 Å². The predicted octanol–water partition coefficient (Wildman–Crippen LogP) is 3.45. The summed E-state index contributed by atoms with van der Waals surface area (Å²) in [4.78, 5) is 70.7. The van der Waals surface area contributed by atoms with E-state index >= 15 is 0 Å². The Morgan fingerprint density at radius 2 is 1.00 bits per heavy atom. The van der Waals surface area contributed by atoms with Crippen molar-refractivity contribution in [2.24, 2.45) is 5.41 Å². The zero-order chi connectivity index (χ0) is 24.5. The van der Waals surface area contributed by atoms with Crippen LogP contribution in [0.2, 0.25) is 0 Å². The quantitative estimate of drug-likeness (QED) is 0.139. The average molecular weight is 527 g/mol. The van der Waals surface area contributed by atoms with Crippen LogP contribution in [0.1, 0.15) is 13.8 Å². The Hall–Kier alpha value is -4.40. The van der Waals surface area contributed by atoms with Crippen molar-refractivity contribution in [3.63, 3.8) is 0 Å². The van der Waals surface area contributed by atoms with Gasteiger partial charge in [0.15, 0.2) is 0 Å². The van der Waals surface area contributed by atoms with Crippen molar-refractivity contribution in [1.29, 1.82) is 0 Å². The third-order valence-electron chi connectivity index (χ3n) is 4.48. The van der Waals surface area contributed by atoms with Crippen molar-refractivity contribution >= 4 is 57.8 Å². The van der Waals surface area contributed by atoms with Crippen LogP contribution >= 0.6 is 0 Å². The van der Waals surface area contributed by atoms with Gasteiger partial charge >= 0.3 is 17.1 Å². The number of hydrogen-bond acceptors (Lipinski definition) is 8. The number of carbonyl (C=O) groups is 4. The van der Waals surface area contributed by atoms with E-state index in [2.05, 4.69) is 21.3 Å². The molecule has 0 radical (unpaired) electrons. The molecule has 3 rings (SSSR count). The van der Waals surface area contributed by atoms with Crippen LogP contribution in [0, 0.1) is 25.6 Å². The van der Waals surface area contributed by atoms with Crippen LogP contribution in [0.3, 0.4) is 0 Å². The van der Waals surface area contributed by atoms with Crippen molar-refractivity contribution in [2.45, 2.75) is 13.8 Å². The Labute approximate surface area is 206 Å². The summed E-state index contributed by atoms with van der Waals surface area (Å²) in [5, 5.41) is 36.6. The zero-order valence-corrected chi connectivity index (χ0v) is 18.9. The molecule has 182 valence electrons. The van der Waals surface area contributed by atoms with Crippen molar-refractivity contribution in [2.75, 3.05) is 0 Å². The maximum absolute atomic E-state index is 12.7. The first-order valence-corrected chi connectivity index (χ1v) is 9.01. The molecule has 0 aliphatic carbocycles. The smallest absolute Gasteiger partial charge is 0.627 e. The summed E-state index contributed by atoms with van der Waals surface area (Å²) in [7, 11) is 0. The van der Waals surface area contributed by atoms with Crippen LogP contribution in [0.5, 0.6) is 0 Å². The Morgan fingerprint density at radius 1 is 0.657 bits per heavy atom. The SMILES string of the molecule is CC1(C)C(=O)[N-]c2ccc([N+](=O)[O-])cc2[N-]C(=O)C(=O)[N-]c2cc([N+](=O)[O-])ccc2[N-]C1=O.[Fe+4].[OH3+]. The summed E-state index contributed by atoms with van der Waals surface area (Å²) >= 11 is 0. The van der Waals surface area contributed by atoms with Gasteiger partial charge < -0.3 is 45.9 Å². The molecule has 1 aliphatic heterocycles. The first kappa shape index (κ1) is 28.6. The maximum Gasteiger partial charge on any atom is 4.00 e. The monoisotopic (exact) mass is 527 g/mol. The van der Waals surface area contributed by atoms with Crippen molar-refractivity contribution in [3.8, 4) is 0 Å². The first-order chi connectivity index (χ1) is 15.4. The van der Waals surface area contributed by atoms with Crippen LogP contribution in [-0.4, -0.2) is 33.5 Å². The molecular formula is C19H15FeN6O9+. The molecule has 2 aromatic carbocycles. The van der Waals surface area contributed by atoms with Crippen LogP contribution in [0.4, 0.5) is 34.1 Å². The molecule has 3 N–H and O–H groups in total. The second-order valence-electron chi connectivity index (χ2n) is 7.15. The standard InChI is InChI=1S/C19H16N6O8.Fe.H2O/c1-19(2)17(28)22-11-5-3-9(24(30)31)7-13(11)20-15(26)16(27)21-14-8-10(25(32)33)4-6-12(14)23-18(19)29;;/h3-8H,1-2H3,(H4,20,21,22,23,26,27,28,29);;1H2/q;+4;/p-3. The molecule has 4 amide bonds. The number of rotatable bonds is 2. The van der Waals surface area contributed by atoms with Crippen molar-refractivity contribution in [1.82, 2.24) is 0 Å². The maximum atomic E-state index is 12.7. The third-order valence-corrected chi connectivity index (χ3v) is 4.48. The number of nitrogens with zero attached hydrogens (tertiary/aromatic N) is 6. The molecule has 0 fully saturated rings. The van der Waals surface area contributed by atoms with Crippen LogP contribution in [0.15, 0.2) is 36.4 Å². The molecule has 0 atom stereocenters. The fraction of sp³-hybridized carbons (Fsp3) is 0.158. The summed E-state index contributed by atoms with van der Waals surface area (Å²) in [6, 6.07) is 5.67. The Balaban J connectivity index is 0.00000306. The van der Waals surface area contributed by atoms with E-state index in [4.69, 9.17) is 0 Å². The molecule has 1 aliphatic rings. The van der Waals surface area contributed by atoms with E-state index in [1.165, 1.54) is 13.8 Å². The van der Waals surface area contributed by atoms with E-state index in [9.17, 15) is 39.4 Å². The fourth-order valence-corrected chi connectivity index (χ4v) is 2.52. The normalized spacial score (nSPS) is 14.8. The average Bonchev–Trinajstić information content (AvgIpc) is 2.75. The molecule has 0 saturated heterocycles. The van der Waals surface area contributed by atoms with Gasteiger partial charge in [0.2, 0.25) is 0 Å². The van der Waals surface area contributed by atoms with E-state index in [1.54, 1.807) is 0 Å². The van der Waals surface area contributed by atoms with Crippen LogP contribution in [0.25, 0.3) is 21.3 Å². The van der Waals surface area contributed by atoms with Gasteiger partial charge in [-0.3, -0.25) is 20.2 Å². The number of fused-ring (bicyclic) bond motifs is 2. The molecule has 0 aromatic heterocycles. The number of nitro benzene ring substituents is 2. The second-order valence-corrected chi connectivity index (χ2v) is 7.15. The number of benzene rings is 2. The van der Waals surface area contributed by atoms with Gasteiger partial charge in [0.25, 0.3) is 11.4 Å². The zero-order valence-electron chi connectivity index (χ0n) is 17.8. The van der Waals surface area contributed by atoms with E-state index in [1.807, 2.05) is 0 Å². The fourth-order valence-electron chi connectivity index (χ4n) is 2.52. The van der Waals surface area contributed by atoms with Crippen molar-refractivity contribution in [3.05, 3.63) is 77.9 Å². The van der Waals surface area contributed by atoms with Gasteiger partial charge in [-0.25, -0.2) is 0 Å².